The van der Waals surface area contributed by atoms with Crippen LogP contribution in [0.5, 0.6) is 5.75 Å². The number of nitrogens with zero attached hydrogens (tertiary/aromatic N) is 2. The summed E-state index contributed by atoms with van der Waals surface area (Å²) in [6.07, 6.45) is 3.58. The lowest BCUT2D eigenvalue weighted by Crippen LogP contribution is -2.42. The molecule has 192 valence electrons. The second kappa shape index (κ2) is 11.4. The van der Waals surface area contributed by atoms with E-state index < -0.39 is 35.9 Å². The van der Waals surface area contributed by atoms with Crippen molar-refractivity contribution in [3.05, 3.63) is 76.1 Å². The number of carbonyl (C=O) groups is 2. The van der Waals surface area contributed by atoms with Gasteiger partial charge >= 0.3 is 5.97 Å². The Morgan fingerprint density at radius 1 is 1.22 bits per heavy atom. The number of aryl methyl sites for hydroxylation is 2. The zero-order valence-electron chi connectivity index (χ0n) is 20.0. The molecule has 1 aromatic heterocycles. The number of nitrogens with one attached hydrogen (secondary N) is 1. The van der Waals surface area contributed by atoms with E-state index in [0.717, 1.165) is 33.8 Å². The highest BCUT2D eigenvalue weighted by Crippen LogP contribution is 2.32. The molecule has 9 nitrogen and oxygen atoms in total. The molecule has 0 bridgehead atoms. The molecule has 0 aliphatic heterocycles. The van der Waals surface area contributed by atoms with Gasteiger partial charge < -0.3 is 15.5 Å². The first-order valence-electron chi connectivity index (χ1n) is 10.9. The number of carboxylic acid groups (broad SMARTS) is 1. The van der Waals surface area contributed by atoms with E-state index in [1.807, 2.05) is 18.2 Å². The fourth-order valence-corrected chi connectivity index (χ4v) is 6.13. The van der Waals surface area contributed by atoms with E-state index in [-0.39, 0.29) is 28.5 Å². The number of amides is 1. The first-order chi connectivity index (χ1) is 16.8. The van der Waals surface area contributed by atoms with Crippen LogP contribution in [0.4, 0.5) is 0 Å². The molecule has 1 amide bonds. The Balaban J connectivity index is 1.70. The smallest absolute Gasteiger partial charge is 0.326 e. The molecule has 3 rings (SSSR count). The third kappa shape index (κ3) is 7.06. The Morgan fingerprint density at radius 3 is 2.53 bits per heavy atom. The molecule has 0 radical (unpaired) electrons. The number of rotatable bonds is 10. The third-order valence-electron chi connectivity index (χ3n) is 5.56. The van der Waals surface area contributed by atoms with Crippen LogP contribution < -0.4 is 10.6 Å². The van der Waals surface area contributed by atoms with Gasteiger partial charge in [-0.2, -0.15) is 9.19 Å². The van der Waals surface area contributed by atoms with E-state index in [2.05, 4.69) is 17.1 Å². The van der Waals surface area contributed by atoms with Crippen molar-refractivity contribution < 1.29 is 28.2 Å². The minimum absolute atomic E-state index is 0.181. The summed E-state index contributed by atoms with van der Waals surface area (Å²) in [6.45, 7) is 3.86. The van der Waals surface area contributed by atoms with Gasteiger partial charge in [0.15, 0.2) is 0 Å². The monoisotopic (exact) mass is 551 g/mol. The fraction of sp³-hybridized carbons (Fsp3) is 0.292. The summed E-state index contributed by atoms with van der Waals surface area (Å²) in [4.78, 5) is 24.7. The van der Waals surface area contributed by atoms with Crippen LogP contribution in [0, 0.1) is 6.92 Å². The van der Waals surface area contributed by atoms with Crippen LogP contribution in [0.1, 0.15) is 27.2 Å². The summed E-state index contributed by atoms with van der Waals surface area (Å²) in [5, 5.41) is 26.9. The average Bonchev–Trinajstić information content (AvgIpc) is 3.26. The van der Waals surface area contributed by atoms with Gasteiger partial charge in [0.05, 0.1) is 22.5 Å². The molecule has 0 saturated carbocycles. The van der Waals surface area contributed by atoms with Crippen LogP contribution >= 0.6 is 19.5 Å². The van der Waals surface area contributed by atoms with Gasteiger partial charge in [0.25, 0.3) is 15.9 Å². The highest BCUT2D eigenvalue weighted by molar-refractivity contribution is 7.89. The van der Waals surface area contributed by atoms with E-state index in [9.17, 15) is 28.2 Å². The van der Waals surface area contributed by atoms with Crippen LogP contribution in [-0.2, 0) is 27.7 Å². The lowest BCUT2D eigenvalue weighted by atomic mass is 10.0. The van der Waals surface area contributed by atoms with Crippen molar-refractivity contribution in [2.45, 2.75) is 25.8 Å². The lowest BCUT2D eigenvalue weighted by molar-refractivity contribution is -0.139. The SMILES string of the molecule is Cc1cc(CCP(C)c2cccc(O)c2)cc(Cl)c1C(=O)NC(Cc1ccn(S(C)(=O)=O)n1)C(=O)O. The predicted octanol–water partition coefficient (Wildman–Crippen LogP) is 2.76. The van der Waals surface area contributed by atoms with E-state index in [1.54, 1.807) is 25.1 Å². The topological polar surface area (TPSA) is 139 Å². The van der Waals surface area contributed by atoms with Crippen molar-refractivity contribution in [1.29, 1.82) is 0 Å². The van der Waals surface area contributed by atoms with E-state index >= 15 is 0 Å². The van der Waals surface area contributed by atoms with Crippen LogP contribution in [0.2, 0.25) is 5.02 Å². The zero-order chi connectivity index (χ0) is 26.6. The molecule has 3 aromatic rings. The summed E-state index contributed by atoms with van der Waals surface area (Å²) >= 11 is 6.44. The second-order valence-corrected chi connectivity index (χ2v) is 13.1. The largest absolute Gasteiger partial charge is 0.508 e. The molecule has 36 heavy (non-hydrogen) atoms. The molecule has 0 aliphatic rings. The predicted molar refractivity (Wildman–Crippen MR) is 140 cm³/mol. The number of aromatic hydroxyl groups is 1. The van der Waals surface area contributed by atoms with Crippen LogP contribution in [-0.4, -0.2) is 64.8 Å². The first-order valence-corrected chi connectivity index (χ1v) is 15.1. The van der Waals surface area contributed by atoms with Gasteiger partial charge in [-0.05, 0) is 66.9 Å². The maximum atomic E-state index is 12.9. The molecule has 2 atom stereocenters. The van der Waals surface area contributed by atoms with E-state index in [0.29, 0.717) is 5.56 Å². The molecule has 12 heteroatoms. The molecule has 0 saturated heterocycles. The van der Waals surface area contributed by atoms with Crippen molar-refractivity contribution in [3.8, 4) is 5.75 Å². The normalized spacial score (nSPS) is 13.2. The summed E-state index contributed by atoms with van der Waals surface area (Å²) in [7, 11) is -4.10. The Kier molecular flexibility index (Phi) is 8.76. The standard InChI is InChI=1S/C24H27ClN3O6PS/c1-15-11-16(8-10-35(2)19-6-4-5-18(29)14-19)12-20(25)22(15)23(30)26-21(24(31)32)13-17-7-9-28(27-17)36(3,33)34/h4-7,9,11-12,14,21,29H,8,10,13H2,1-3H3,(H,26,30)(H,31,32). The Morgan fingerprint density at radius 2 is 1.94 bits per heavy atom. The summed E-state index contributed by atoms with van der Waals surface area (Å²) < 4.78 is 23.9. The maximum absolute atomic E-state index is 12.9. The summed E-state index contributed by atoms with van der Waals surface area (Å²) in [5.41, 5.74) is 1.94. The van der Waals surface area contributed by atoms with Crippen LogP contribution in [0.3, 0.4) is 0 Å². The van der Waals surface area contributed by atoms with E-state index in [1.165, 1.54) is 12.3 Å². The first kappa shape index (κ1) is 27.6. The van der Waals surface area contributed by atoms with Crippen LogP contribution in [0.25, 0.3) is 0 Å². The number of phenols is 1. The summed E-state index contributed by atoms with van der Waals surface area (Å²) in [5.74, 6) is -1.69. The van der Waals surface area contributed by atoms with Gasteiger partial charge in [-0.15, -0.1) is 0 Å². The minimum Gasteiger partial charge on any atom is -0.508 e. The number of hydrogen-bond acceptors (Lipinski definition) is 6. The molecule has 0 spiro atoms. The molecule has 1 heterocycles. The number of aromatic nitrogens is 2. The number of carbonyl (C=O) groups excluding carboxylic acids is 1. The molecule has 0 aliphatic carbocycles. The van der Waals surface area contributed by atoms with Gasteiger partial charge in [-0.25, -0.2) is 13.2 Å². The van der Waals surface area contributed by atoms with Gasteiger partial charge in [0.2, 0.25) is 0 Å². The highest BCUT2D eigenvalue weighted by Gasteiger charge is 2.25. The van der Waals surface area contributed by atoms with Crippen molar-refractivity contribution in [2.24, 2.45) is 0 Å². The number of aliphatic carboxylic acids is 1. The van der Waals surface area contributed by atoms with Gasteiger partial charge in [-0.3, -0.25) is 4.79 Å². The Hall–Kier alpha value is -2.94. The lowest BCUT2D eigenvalue weighted by Gasteiger charge is -2.17. The van der Waals surface area contributed by atoms with Crippen molar-refractivity contribution >= 4 is 46.7 Å². The number of phenolic OH excluding ortho intramolecular Hbond substituents is 1. The maximum Gasteiger partial charge on any atom is 0.326 e. The van der Waals surface area contributed by atoms with Crippen molar-refractivity contribution in [3.63, 3.8) is 0 Å². The minimum atomic E-state index is -3.60. The van der Waals surface area contributed by atoms with Crippen molar-refractivity contribution in [1.82, 2.24) is 14.5 Å². The molecular formula is C24H27ClN3O6PS. The number of carboxylic acids is 1. The number of hydrogen-bond donors (Lipinski definition) is 3. The highest BCUT2D eigenvalue weighted by atomic mass is 35.5. The molecule has 0 fully saturated rings. The van der Waals surface area contributed by atoms with Gasteiger partial charge in [0, 0.05) is 12.6 Å². The molecule has 2 unspecified atom stereocenters. The zero-order valence-corrected chi connectivity index (χ0v) is 22.4. The fourth-order valence-electron chi connectivity index (χ4n) is 3.68. The number of benzene rings is 2. The number of halogens is 1. The second-order valence-electron chi connectivity index (χ2n) is 8.47. The summed E-state index contributed by atoms with van der Waals surface area (Å²) in [6, 6.07) is 10.8. The Bertz CT molecular complexity index is 1370. The molecule has 3 N–H and O–H groups in total. The molecule has 2 aromatic carbocycles. The molecular weight excluding hydrogens is 525 g/mol. The van der Waals surface area contributed by atoms with Gasteiger partial charge in [-0.1, -0.05) is 37.7 Å². The average molecular weight is 552 g/mol. The van der Waals surface area contributed by atoms with Crippen LogP contribution in [0.15, 0.2) is 48.7 Å². The Labute approximate surface area is 215 Å². The van der Waals surface area contributed by atoms with E-state index in [4.69, 9.17) is 11.6 Å². The quantitative estimate of drug-likeness (QED) is 0.329. The third-order valence-corrected chi connectivity index (χ3v) is 8.79. The van der Waals surface area contributed by atoms with Crippen molar-refractivity contribution in [2.75, 3.05) is 19.1 Å². The van der Waals surface area contributed by atoms with Gasteiger partial charge in [0.1, 0.15) is 11.8 Å².